The number of fused-ring (bicyclic) bond motifs is 2. The van der Waals surface area contributed by atoms with Gasteiger partial charge >= 0.3 is 0 Å². The summed E-state index contributed by atoms with van der Waals surface area (Å²) < 4.78 is 15.6. The number of benzene rings is 2. The number of carbonyl (C=O) groups is 1. The van der Waals surface area contributed by atoms with E-state index in [1.165, 1.54) is 34.4 Å². The Balaban J connectivity index is 1.39. The smallest absolute Gasteiger partial charge is 0.267 e. The second-order valence-electron chi connectivity index (χ2n) is 9.25. The van der Waals surface area contributed by atoms with Crippen molar-refractivity contribution < 1.29 is 14.4 Å². The molecule has 2 aromatic carbocycles. The third-order valence-electron chi connectivity index (χ3n) is 6.99. The topological polar surface area (TPSA) is 86.2 Å². The summed E-state index contributed by atoms with van der Waals surface area (Å²) >= 11 is 0. The number of hydrogen-bond donors (Lipinski definition) is 3. The SMILES string of the molecule is CCn1cc(CN(CCc2c[nH]c3cc(F)ccc23)C2CCc3cc(C=CC(=O)NO)ccc32)cn1. The molecule has 0 spiro atoms. The van der Waals surface area contributed by atoms with Gasteiger partial charge in [-0.3, -0.25) is 19.6 Å². The number of aromatic nitrogens is 3. The van der Waals surface area contributed by atoms with E-state index < -0.39 is 5.91 Å². The lowest BCUT2D eigenvalue weighted by Crippen LogP contribution is -2.29. The van der Waals surface area contributed by atoms with Gasteiger partial charge in [0.25, 0.3) is 5.91 Å². The van der Waals surface area contributed by atoms with Crippen LogP contribution in [0.25, 0.3) is 17.0 Å². The van der Waals surface area contributed by atoms with E-state index in [2.05, 4.69) is 40.2 Å². The summed E-state index contributed by atoms with van der Waals surface area (Å²) in [7, 11) is 0. The lowest BCUT2D eigenvalue weighted by molar-refractivity contribution is -0.124. The van der Waals surface area contributed by atoms with E-state index in [9.17, 15) is 9.18 Å². The maximum absolute atomic E-state index is 13.6. The zero-order valence-corrected chi connectivity index (χ0v) is 20.2. The molecule has 0 radical (unpaired) electrons. The highest BCUT2D eigenvalue weighted by Gasteiger charge is 2.28. The molecule has 1 aliphatic carbocycles. The van der Waals surface area contributed by atoms with Gasteiger partial charge in [0, 0.05) is 60.6 Å². The number of aromatic amines is 1. The predicted octanol–water partition coefficient (Wildman–Crippen LogP) is 4.77. The van der Waals surface area contributed by atoms with E-state index in [4.69, 9.17) is 5.21 Å². The van der Waals surface area contributed by atoms with Crippen LogP contribution in [0.1, 0.15) is 47.2 Å². The quantitative estimate of drug-likeness (QED) is 0.180. The zero-order chi connectivity index (χ0) is 25.1. The number of hydroxylamine groups is 1. The predicted molar refractivity (Wildman–Crippen MR) is 137 cm³/mol. The van der Waals surface area contributed by atoms with Gasteiger partial charge in [0.2, 0.25) is 0 Å². The van der Waals surface area contributed by atoms with E-state index >= 15 is 0 Å². The first kappa shape index (κ1) is 24.0. The fraction of sp³-hybridized carbons (Fsp3) is 0.286. The summed E-state index contributed by atoms with van der Waals surface area (Å²) in [6, 6.07) is 11.5. The Morgan fingerprint density at radius 2 is 2.22 bits per heavy atom. The van der Waals surface area contributed by atoms with Crippen molar-refractivity contribution in [3.63, 3.8) is 0 Å². The van der Waals surface area contributed by atoms with Crippen LogP contribution < -0.4 is 5.48 Å². The van der Waals surface area contributed by atoms with Crippen molar-refractivity contribution in [2.75, 3.05) is 6.54 Å². The molecule has 2 heterocycles. The average Bonchev–Trinajstić information content (AvgIpc) is 3.62. The van der Waals surface area contributed by atoms with Crippen LogP contribution in [0, 0.1) is 5.82 Å². The van der Waals surface area contributed by atoms with Crippen LogP contribution in [-0.4, -0.2) is 37.3 Å². The molecule has 0 saturated carbocycles. The number of nitrogens with zero attached hydrogens (tertiary/aromatic N) is 3. The van der Waals surface area contributed by atoms with Crippen LogP contribution in [-0.2, 0) is 30.7 Å². The van der Waals surface area contributed by atoms with Crippen LogP contribution in [0.5, 0.6) is 0 Å². The number of amides is 1. The maximum Gasteiger partial charge on any atom is 0.267 e. The first-order valence-corrected chi connectivity index (χ1v) is 12.3. The number of nitrogens with one attached hydrogen (secondary N) is 2. The Kier molecular flexibility index (Phi) is 6.97. The monoisotopic (exact) mass is 487 g/mol. The highest BCUT2D eigenvalue weighted by atomic mass is 19.1. The second kappa shape index (κ2) is 10.5. The van der Waals surface area contributed by atoms with E-state index in [0.717, 1.165) is 55.4 Å². The van der Waals surface area contributed by atoms with Crippen LogP contribution in [0.3, 0.4) is 0 Å². The van der Waals surface area contributed by atoms with Gasteiger partial charge in [0.1, 0.15) is 5.82 Å². The molecule has 186 valence electrons. The van der Waals surface area contributed by atoms with Crippen molar-refractivity contribution >= 4 is 22.9 Å². The molecular weight excluding hydrogens is 457 g/mol. The normalized spacial score (nSPS) is 15.3. The number of aryl methyl sites for hydroxylation is 2. The highest BCUT2D eigenvalue weighted by molar-refractivity contribution is 5.90. The first-order chi connectivity index (χ1) is 17.5. The Labute approximate surface area is 209 Å². The number of H-pyrrole nitrogens is 1. The minimum atomic E-state index is -0.549. The van der Waals surface area contributed by atoms with Gasteiger partial charge in [-0.25, -0.2) is 9.87 Å². The third kappa shape index (κ3) is 5.10. The molecule has 1 aliphatic rings. The van der Waals surface area contributed by atoms with Gasteiger partial charge in [-0.15, -0.1) is 0 Å². The summed E-state index contributed by atoms with van der Waals surface area (Å²) in [5.74, 6) is -0.786. The number of halogens is 1. The first-order valence-electron chi connectivity index (χ1n) is 12.3. The summed E-state index contributed by atoms with van der Waals surface area (Å²) in [5, 5.41) is 14.2. The maximum atomic E-state index is 13.6. The highest BCUT2D eigenvalue weighted by Crippen LogP contribution is 2.37. The zero-order valence-electron chi connectivity index (χ0n) is 20.2. The van der Waals surface area contributed by atoms with E-state index in [0.29, 0.717) is 0 Å². The Hall–Kier alpha value is -3.75. The van der Waals surface area contributed by atoms with Gasteiger partial charge < -0.3 is 4.98 Å². The molecule has 5 rings (SSSR count). The lowest BCUT2D eigenvalue weighted by Gasteiger charge is -2.29. The van der Waals surface area contributed by atoms with Gasteiger partial charge in [-0.1, -0.05) is 18.2 Å². The van der Waals surface area contributed by atoms with Gasteiger partial charge in [0.15, 0.2) is 0 Å². The summed E-state index contributed by atoms with van der Waals surface area (Å²) in [6.07, 6.45) is 11.9. The number of rotatable bonds is 9. The Bertz CT molecular complexity index is 1410. The van der Waals surface area contributed by atoms with Crippen LogP contribution >= 0.6 is 0 Å². The van der Waals surface area contributed by atoms with E-state index in [-0.39, 0.29) is 11.9 Å². The average molecular weight is 488 g/mol. The Morgan fingerprint density at radius 1 is 1.33 bits per heavy atom. The van der Waals surface area contributed by atoms with Crippen molar-refractivity contribution in [1.82, 2.24) is 25.1 Å². The van der Waals surface area contributed by atoms with Crippen LogP contribution in [0.2, 0.25) is 0 Å². The molecule has 0 bridgehead atoms. The van der Waals surface area contributed by atoms with E-state index in [1.807, 2.05) is 29.2 Å². The molecule has 36 heavy (non-hydrogen) atoms. The van der Waals surface area contributed by atoms with Crippen molar-refractivity contribution in [3.8, 4) is 0 Å². The molecule has 0 saturated heterocycles. The summed E-state index contributed by atoms with van der Waals surface area (Å²) in [4.78, 5) is 17.1. The molecular formula is C28H30FN5O2. The van der Waals surface area contributed by atoms with Gasteiger partial charge in [-0.2, -0.15) is 5.10 Å². The van der Waals surface area contributed by atoms with Crippen LogP contribution in [0.4, 0.5) is 4.39 Å². The van der Waals surface area contributed by atoms with Crippen molar-refractivity contribution in [3.05, 3.63) is 94.7 Å². The van der Waals surface area contributed by atoms with Gasteiger partial charge in [0.05, 0.1) is 6.20 Å². The van der Waals surface area contributed by atoms with Crippen molar-refractivity contribution in [1.29, 1.82) is 0 Å². The minimum Gasteiger partial charge on any atom is -0.361 e. The summed E-state index contributed by atoms with van der Waals surface area (Å²) in [6.45, 7) is 4.56. The fourth-order valence-corrected chi connectivity index (χ4v) is 5.18. The fourth-order valence-electron chi connectivity index (χ4n) is 5.18. The molecule has 0 fully saturated rings. The standard InChI is InChI=1S/C28H30FN5O2/c1-2-34-18-20(15-31-34)17-33(12-11-22-16-30-26-14-23(29)6-8-24(22)26)27-9-5-21-13-19(3-7-25(21)27)4-10-28(35)32-36/h3-4,6-8,10,13-16,18,27,30,36H,2,5,9,11-12,17H2,1H3,(H,32,35). The van der Waals surface area contributed by atoms with Crippen molar-refractivity contribution in [2.24, 2.45) is 0 Å². The molecule has 3 N–H and O–H groups in total. The van der Waals surface area contributed by atoms with Crippen LogP contribution in [0.15, 0.2) is 61.1 Å². The molecule has 1 unspecified atom stereocenters. The molecule has 7 nitrogen and oxygen atoms in total. The summed E-state index contributed by atoms with van der Waals surface area (Å²) in [5.41, 5.74) is 8.32. The van der Waals surface area contributed by atoms with Gasteiger partial charge in [-0.05, 0) is 72.7 Å². The molecule has 4 aromatic rings. The number of carbonyl (C=O) groups excluding carboxylic acids is 1. The van der Waals surface area contributed by atoms with Crippen molar-refractivity contribution in [2.45, 2.75) is 45.3 Å². The molecule has 1 atom stereocenters. The lowest BCUT2D eigenvalue weighted by atomic mass is 10.0. The second-order valence-corrected chi connectivity index (χ2v) is 9.25. The number of hydrogen-bond acceptors (Lipinski definition) is 4. The minimum absolute atomic E-state index is 0.237. The largest absolute Gasteiger partial charge is 0.361 e. The Morgan fingerprint density at radius 3 is 3.03 bits per heavy atom. The molecule has 8 heteroatoms. The third-order valence-corrected chi connectivity index (χ3v) is 6.99. The molecule has 2 aromatic heterocycles. The van der Waals surface area contributed by atoms with E-state index in [1.54, 1.807) is 17.6 Å². The molecule has 0 aliphatic heterocycles. The molecule has 1 amide bonds.